The molecule has 0 aliphatic carbocycles. The number of amides is 1. The van der Waals surface area contributed by atoms with Crippen LogP contribution in [0.4, 0.5) is 8.78 Å². The lowest BCUT2D eigenvalue weighted by molar-refractivity contribution is 0.504. The third-order valence-electron chi connectivity index (χ3n) is 1.38. The van der Waals surface area contributed by atoms with E-state index in [-0.39, 0.29) is 0 Å². The molecule has 0 heterocycles. The maximum Gasteiger partial charge on any atom is 0.324 e. The fourth-order valence-electron chi connectivity index (χ4n) is 0.758. The smallest absolute Gasteiger partial charge is 0.262 e. The molecule has 1 radical (unpaired) electrons. The van der Waals surface area contributed by atoms with Crippen LogP contribution in [0.2, 0.25) is 0 Å². The molecule has 0 aliphatic rings. The third-order valence-corrected chi connectivity index (χ3v) is 2.60. The zero-order valence-electron chi connectivity index (χ0n) is 6.62. The number of sulfonamides is 1. The van der Waals surface area contributed by atoms with Crippen molar-refractivity contribution in [3.63, 3.8) is 0 Å². The van der Waals surface area contributed by atoms with Crippen molar-refractivity contribution in [2.24, 2.45) is 0 Å². The van der Waals surface area contributed by atoms with Crippen LogP contribution in [0.15, 0.2) is 23.1 Å². The Hall–Kier alpha value is -1.50. The third kappa shape index (κ3) is 2.05. The molecule has 0 spiro atoms. The normalized spacial score (nSPS) is 11.0. The second kappa shape index (κ2) is 3.70. The first-order valence-electron chi connectivity index (χ1n) is 3.31. The van der Waals surface area contributed by atoms with Crippen molar-refractivity contribution in [3.8, 4) is 0 Å². The number of hydrogen-bond acceptors (Lipinski definition) is 3. The van der Waals surface area contributed by atoms with Crippen molar-refractivity contribution < 1.29 is 22.0 Å². The van der Waals surface area contributed by atoms with Gasteiger partial charge in [0.25, 0.3) is 10.0 Å². The van der Waals surface area contributed by atoms with Gasteiger partial charge in [-0.25, -0.2) is 21.9 Å². The van der Waals surface area contributed by atoms with Gasteiger partial charge in [-0.15, -0.1) is 0 Å². The highest BCUT2D eigenvalue weighted by molar-refractivity contribution is 7.90. The number of nitrogens with one attached hydrogen (secondary N) is 1. The maximum absolute atomic E-state index is 12.6. The first kappa shape index (κ1) is 10.6. The Labute approximate surface area is 78.6 Å². The number of carbonyl (C=O) groups excluding carboxylic acids is 1. The van der Waals surface area contributed by atoms with Gasteiger partial charge >= 0.3 is 6.41 Å². The van der Waals surface area contributed by atoms with Crippen LogP contribution in [-0.2, 0) is 14.8 Å². The Kier molecular flexibility index (Phi) is 2.80. The van der Waals surface area contributed by atoms with Crippen molar-refractivity contribution in [3.05, 3.63) is 29.8 Å². The van der Waals surface area contributed by atoms with E-state index >= 15 is 0 Å². The molecule has 0 aliphatic heterocycles. The predicted octanol–water partition coefficient (Wildman–Crippen LogP) is 0.310. The van der Waals surface area contributed by atoms with Crippen molar-refractivity contribution in [2.45, 2.75) is 4.90 Å². The number of hydrogen-bond donors (Lipinski definition) is 1. The molecule has 14 heavy (non-hydrogen) atoms. The van der Waals surface area contributed by atoms with Gasteiger partial charge in [0, 0.05) is 0 Å². The quantitative estimate of drug-likeness (QED) is 0.745. The van der Waals surface area contributed by atoms with Gasteiger partial charge in [-0.2, -0.15) is 0 Å². The molecule has 1 rings (SSSR count). The van der Waals surface area contributed by atoms with Gasteiger partial charge in [0.15, 0.2) is 11.6 Å². The Morgan fingerprint density at radius 3 is 2.36 bits per heavy atom. The van der Waals surface area contributed by atoms with Gasteiger partial charge < -0.3 is 0 Å². The highest BCUT2D eigenvalue weighted by atomic mass is 32.2. The summed E-state index contributed by atoms with van der Waals surface area (Å²) in [7, 11) is -4.13. The summed E-state index contributed by atoms with van der Waals surface area (Å²) in [4.78, 5) is 9.22. The molecular formula is C7H4F2NO3S. The SMILES string of the molecule is O=[C]NS(=O)(=O)c1ccc(F)c(F)c1. The van der Waals surface area contributed by atoms with E-state index < -0.39 is 26.6 Å². The van der Waals surface area contributed by atoms with Crippen LogP contribution in [0.5, 0.6) is 0 Å². The Morgan fingerprint density at radius 2 is 1.86 bits per heavy atom. The van der Waals surface area contributed by atoms with E-state index in [1.54, 1.807) is 0 Å². The minimum absolute atomic E-state index is 0.467. The van der Waals surface area contributed by atoms with Crippen molar-refractivity contribution in [1.82, 2.24) is 4.72 Å². The molecule has 0 aromatic heterocycles. The first-order valence-corrected chi connectivity index (χ1v) is 4.79. The van der Waals surface area contributed by atoms with Crippen LogP contribution in [-0.4, -0.2) is 14.8 Å². The van der Waals surface area contributed by atoms with Crippen LogP contribution in [0.1, 0.15) is 0 Å². The molecule has 0 saturated heterocycles. The summed E-state index contributed by atoms with van der Waals surface area (Å²) in [5.74, 6) is -2.47. The van der Waals surface area contributed by atoms with Crippen molar-refractivity contribution in [2.75, 3.05) is 0 Å². The van der Waals surface area contributed by atoms with E-state index in [0.717, 1.165) is 12.5 Å². The molecule has 1 N–H and O–H groups in total. The largest absolute Gasteiger partial charge is 0.324 e. The van der Waals surface area contributed by atoms with Crippen molar-refractivity contribution in [1.29, 1.82) is 0 Å². The van der Waals surface area contributed by atoms with Gasteiger partial charge in [-0.3, -0.25) is 4.79 Å². The molecule has 1 amide bonds. The fourth-order valence-corrected chi connectivity index (χ4v) is 1.49. The highest BCUT2D eigenvalue weighted by Crippen LogP contribution is 2.12. The molecule has 0 atom stereocenters. The summed E-state index contributed by atoms with van der Waals surface area (Å²) in [6, 6.07) is 1.95. The van der Waals surface area contributed by atoms with E-state index in [1.807, 2.05) is 0 Å². The van der Waals surface area contributed by atoms with E-state index in [2.05, 4.69) is 0 Å². The molecule has 0 saturated carbocycles. The van der Waals surface area contributed by atoms with Gasteiger partial charge in [0.2, 0.25) is 0 Å². The lowest BCUT2D eigenvalue weighted by Gasteiger charge is -2.01. The second-order valence-electron chi connectivity index (χ2n) is 2.28. The minimum atomic E-state index is -4.13. The summed E-state index contributed by atoms with van der Waals surface area (Å²) in [5.41, 5.74) is 0. The number of rotatable bonds is 3. The number of halogens is 2. The van der Waals surface area contributed by atoms with Gasteiger partial charge in [-0.1, -0.05) is 0 Å². The summed E-state index contributed by atoms with van der Waals surface area (Å²) in [6.07, 6.45) is 0.936. The number of benzene rings is 1. The summed E-state index contributed by atoms with van der Waals surface area (Å²) in [6.45, 7) is 0. The average molecular weight is 220 g/mol. The maximum atomic E-state index is 12.6. The molecule has 0 fully saturated rings. The zero-order valence-corrected chi connectivity index (χ0v) is 7.44. The lowest BCUT2D eigenvalue weighted by atomic mass is 10.3. The molecule has 4 nitrogen and oxygen atoms in total. The van der Waals surface area contributed by atoms with Crippen molar-refractivity contribution >= 4 is 16.4 Å². The monoisotopic (exact) mass is 220 g/mol. The van der Waals surface area contributed by atoms with Crippen LogP contribution in [0.25, 0.3) is 0 Å². The molecule has 1 aromatic rings. The second-order valence-corrected chi connectivity index (χ2v) is 3.97. The molecular weight excluding hydrogens is 216 g/mol. The van der Waals surface area contributed by atoms with E-state index in [4.69, 9.17) is 0 Å². The first-order chi connectivity index (χ1) is 6.47. The molecule has 0 bridgehead atoms. The topological polar surface area (TPSA) is 63.2 Å². The average Bonchev–Trinajstić information content (AvgIpc) is 2.09. The fraction of sp³-hybridized carbons (Fsp3) is 0. The van der Waals surface area contributed by atoms with Crippen LogP contribution < -0.4 is 4.72 Å². The lowest BCUT2D eigenvalue weighted by Crippen LogP contribution is -2.21. The van der Waals surface area contributed by atoms with Gasteiger partial charge in [0.05, 0.1) is 4.90 Å². The summed E-state index contributed by atoms with van der Waals surface area (Å²) >= 11 is 0. The Morgan fingerprint density at radius 1 is 1.21 bits per heavy atom. The van der Waals surface area contributed by atoms with E-state index in [1.165, 1.54) is 4.72 Å². The molecule has 1 aromatic carbocycles. The van der Waals surface area contributed by atoms with Crippen LogP contribution in [0, 0.1) is 11.6 Å². The highest BCUT2D eigenvalue weighted by Gasteiger charge is 2.15. The molecule has 0 unspecified atom stereocenters. The van der Waals surface area contributed by atoms with Gasteiger partial charge in [0.1, 0.15) is 0 Å². The minimum Gasteiger partial charge on any atom is -0.262 e. The Balaban J connectivity index is 3.21. The summed E-state index contributed by atoms with van der Waals surface area (Å²) in [5, 5.41) is 0. The standard InChI is InChI=1S/C7H4F2NO3S/c8-6-2-1-5(3-7(6)9)14(12,13)10-4-11/h1-3H,(H,10,11). The summed E-state index contributed by atoms with van der Waals surface area (Å²) < 4.78 is 48.4. The zero-order chi connectivity index (χ0) is 10.8. The predicted molar refractivity (Wildman–Crippen MR) is 42.4 cm³/mol. The van der Waals surface area contributed by atoms with E-state index in [9.17, 15) is 22.0 Å². The molecule has 75 valence electrons. The van der Waals surface area contributed by atoms with Crippen LogP contribution >= 0.6 is 0 Å². The molecule has 7 heteroatoms. The van der Waals surface area contributed by atoms with Gasteiger partial charge in [-0.05, 0) is 18.2 Å². The Bertz CT molecular complexity index is 458. The van der Waals surface area contributed by atoms with E-state index in [0.29, 0.717) is 12.1 Å². The van der Waals surface area contributed by atoms with Crippen LogP contribution in [0.3, 0.4) is 0 Å².